The highest BCUT2D eigenvalue weighted by molar-refractivity contribution is 5.85. The third-order valence-corrected chi connectivity index (χ3v) is 4.89. The minimum Gasteiger partial charge on any atom is -1.00 e. The summed E-state index contributed by atoms with van der Waals surface area (Å²) in [5.41, 5.74) is 7.94. The molecule has 2 aliphatic heterocycles. The van der Waals surface area contributed by atoms with Gasteiger partial charge in [-0.15, -0.1) is 24.8 Å². The van der Waals surface area contributed by atoms with Crippen molar-refractivity contribution in [2.75, 3.05) is 43.9 Å². The van der Waals surface area contributed by atoms with Gasteiger partial charge in [0.05, 0.1) is 26.7 Å². The molecule has 3 nitrogen and oxygen atoms in total. The molecule has 21 heavy (non-hydrogen) atoms. The third kappa shape index (κ3) is 4.32. The number of likely N-dealkylation sites (N-methyl/N-ethyl adjacent to an activating group) is 1. The molecule has 1 unspecified atom stereocenters. The van der Waals surface area contributed by atoms with Gasteiger partial charge in [-0.05, 0) is 24.3 Å². The van der Waals surface area contributed by atoms with E-state index in [1.807, 2.05) is 12.1 Å². The third-order valence-electron chi connectivity index (χ3n) is 4.89. The maximum absolute atomic E-state index is 5.75. The Hall–Kier alpha value is -0.350. The second-order valence-electron chi connectivity index (χ2n) is 6.11. The first-order chi connectivity index (χ1) is 8.67. The fraction of sp³-hybridized carbons (Fsp3) is 0.600. The molecule has 6 heteroatoms. The number of quaternary nitrogens is 1. The minimum atomic E-state index is 0. The van der Waals surface area contributed by atoms with Crippen LogP contribution in [-0.4, -0.2) is 43.8 Å². The number of hydrogen-bond donors (Lipinski definition) is 1. The van der Waals surface area contributed by atoms with Crippen molar-refractivity contribution in [1.29, 1.82) is 0 Å². The Morgan fingerprint density at radius 1 is 1.10 bits per heavy atom. The summed E-state index contributed by atoms with van der Waals surface area (Å²) in [5, 5.41) is 0. The van der Waals surface area contributed by atoms with Crippen molar-refractivity contribution in [3.8, 4) is 0 Å². The van der Waals surface area contributed by atoms with E-state index in [2.05, 4.69) is 24.1 Å². The maximum atomic E-state index is 5.75. The molecular formula is C15H26Cl3N3. The van der Waals surface area contributed by atoms with E-state index in [1.54, 1.807) is 0 Å². The topological polar surface area (TPSA) is 29.3 Å². The molecule has 3 rings (SSSR count). The average molecular weight is 355 g/mol. The summed E-state index contributed by atoms with van der Waals surface area (Å²) >= 11 is 0. The van der Waals surface area contributed by atoms with Crippen LogP contribution in [0, 0.1) is 0 Å². The molecule has 0 spiro atoms. The average Bonchev–Trinajstić information content (AvgIpc) is 2.99. The number of benzene rings is 1. The van der Waals surface area contributed by atoms with Crippen molar-refractivity contribution in [1.82, 2.24) is 0 Å². The van der Waals surface area contributed by atoms with Crippen LogP contribution >= 0.6 is 24.8 Å². The highest BCUT2D eigenvalue weighted by Crippen LogP contribution is 2.30. The van der Waals surface area contributed by atoms with Crippen molar-refractivity contribution in [2.45, 2.75) is 25.3 Å². The Morgan fingerprint density at radius 3 is 2.24 bits per heavy atom. The van der Waals surface area contributed by atoms with Gasteiger partial charge in [-0.3, -0.25) is 0 Å². The van der Waals surface area contributed by atoms with Gasteiger partial charge in [0.15, 0.2) is 0 Å². The van der Waals surface area contributed by atoms with Gasteiger partial charge in [-0.2, -0.15) is 0 Å². The minimum absolute atomic E-state index is 0. The van der Waals surface area contributed by atoms with Gasteiger partial charge < -0.3 is 27.5 Å². The van der Waals surface area contributed by atoms with E-state index in [-0.39, 0.29) is 37.2 Å². The van der Waals surface area contributed by atoms with Crippen LogP contribution in [0.25, 0.3) is 0 Å². The Bertz CT molecular complexity index is 419. The summed E-state index contributed by atoms with van der Waals surface area (Å²) in [6.07, 6.45) is 4.16. The van der Waals surface area contributed by atoms with Gasteiger partial charge >= 0.3 is 0 Å². The van der Waals surface area contributed by atoms with Gasteiger partial charge in [-0.1, -0.05) is 0 Å². The molecule has 122 valence electrons. The Kier molecular flexibility index (Phi) is 8.19. The highest BCUT2D eigenvalue weighted by Gasteiger charge is 2.40. The van der Waals surface area contributed by atoms with E-state index in [0.29, 0.717) is 0 Å². The molecule has 0 aromatic heterocycles. The molecule has 2 aliphatic rings. The molecule has 2 N–H and O–H groups in total. The molecule has 1 atom stereocenters. The normalized spacial score (nSPS) is 22.9. The zero-order chi connectivity index (χ0) is 12.6. The van der Waals surface area contributed by atoms with E-state index in [0.717, 1.165) is 11.7 Å². The van der Waals surface area contributed by atoms with Crippen LogP contribution in [0.4, 0.5) is 11.4 Å². The van der Waals surface area contributed by atoms with E-state index in [9.17, 15) is 0 Å². The smallest absolute Gasteiger partial charge is 0.108 e. The molecule has 0 bridgehead atoms. The number of halogens is 3. The molecule has 0 saturated carbocycles. The van der Waals surface area contributed by atoms with Gasteiger partial charge in [0.2, 0.25) is 0 Å². The van der Waals surface area contributed by atoms with Crippen molar-refractivity contribution < 1.29 is 16.9 Å². The summed E-state index contributed by atoms with van der Waals surface area (Å²) in [4.78, 5) is 2.52. The first-order valence-electron chi connectivity index (χ1n) is 7.12. The Morgan fingerprint density at radius 2 is 1.67 bits per heavy atom. The summed E-state index contributed by atoms with van der Waals surface area (Å²) in [6, 6.07) is 9.15. The number of nitrogens with two attached hydrogens (primary N) is 1. The fourth-order valence-electron chi connectivity index (χ4n) is 3.59. The largest absolute Gasteiger partial charge is 1.00 e. The van der Waals surface area contributed by atoms with E-state index in [1.165, 1.54) is 55.6 Å². The van der Waals surface area contributed by atoms with Crippen molar-refractivity contribution in [3.63, 3.8) is 0 Å². The van der Waals surface area contributed by atoms with Gasteiger partial charge in [0.1, 0.15) is 6.04 Å². The maximum Gasteiger partial charge on any atom is 0.108 e. The quantitative estimate of drug-likeness (QED) is 0.595. The summed E-state index contributed by atoms with van der Waals surface area (Å²) in [6.45, 7) is 5.16. The molecule has 2 heterocycles. The lowest BCUT2D eigenvalue weighted by molar-refractivity contribution is -0.919. The number of nitrogens with zero attached hydrogens (tertiary/aromatic N) is 2. The van der Waals surface area contributed by atoms with Crippen molar-refractivity contribution in [3.05, 3.63) is 24.3 Å². The molecule has 2 saturated heterocycles. The summed E-state index contributed by atoms with van der Waals surface area (Å²) < 4.78 is 1.30. The predicted octanol–water partition coefficient (Wildman–Crippen LogP) is -0.0645. The van der Waals surface area contributed by atoms with Crippen LogP contribution < -0.4 is 23.0 Å². The van der Waals surface area contributed by atoms with Gasteiger partial charge in [0, 0.05) is 37.2 Å². The molecule has 1 aromatic carbocycles. The number of anilines is 2. The van der Waals surface area contributed by atoms with Crippen LogP contribution in [-0.2, 0) is 0 Å². The van der Waals surface area contributed by atoms with Crippen molar-refractivity contribution >= 4 is 36.2 Å². The lowest BCUT2D eigenvalue weighted by atomic mass is 10.2. The lowest BCUT2D eigenvalue weighted by Crippen LogP contribution is -3.00. The standard InChI is InChI=1S/C15H24N3.3ClH/c1-18(10-2-3-11-18)15-8-9-17(12-15)14-6-4-13(16)5-7-14;;;/h4-7,15H,2-3,8-12,16H2,1H3;3*1H/q+1;;;/p-1. The lowest BCUT2D eigenvalue weighted by Gasteiger charge is -2.35. The highest BCUT2D eigenvalue weighted by atomic mass is 35.5. The first kappa shape index (κ1) is 20.6. The number of nitrogen functional groups attached to an aromatic ring is 1. The predicted molar refractivity (Wildman–Crippen MR) is 91.1 cm³/mol. The summed E-state index contributed by atoms with van der Waals surface area (Å²) in [5.74, 6) is 0. The van der Waals surface area contributed by atoms with E-state index < -0.39 is 0 Å². The van der Waals surface area contributed by atoms with Crippen molar-refractivity contribution in [2.24, 2.45) is 0 Å². The molecule has 0 amide bonds. The summed E-state index contributed by atoms with van der Waals surface area (Å²) in [7, 11) is 2.45. The van der Waals surface area contributed by atoms with Crippen LogP contribution in [0.2, 0.25) is 0 Å². The van der Waals surface area contributed by atoms with Gasteiger partial charge in [0.25, 0.3) is 0 Å². The van der Waals surface area contributed by atoms with Gasteiger partial charge in [-0.25, -0.2) is 0 Å². The van der Waals surface area contributed by atoms with Crippen LogP contribution in [0.5, 0.6) is 0 Å². The van der Waals surface area contributed by atoms with Crippen LogP contribution in [0.15, 0.2) is 24.3 Å². The molecule has 2 fully saturated rings. The zero-order valence-electron chi connectivity index (χ0n) is 12.5. The number of hydrogen-bond acceptors (Lipinski definition) is 2. The molecule has 0 aliphatic carbocycles. The Balaban J connectivity index is 0.00000133. The van der Waals surface area contributed by atoms with E-state index in [4.69, 9.17) is 5.73 Å². The Labute approximate surface area is 146 Å². The van der Waals surface area contributed by atoms with E-state index >= 15 is 0 Å². The zero-order valence-corrected chi connectivity index (χ0v) is 14.9. The number of rotatable bonds is 2. The number of likely N-dealkylation sites (tertiary alicyclic amines) is 1. The van der Waals surface area contributed by atoms with Crippen LogP contribution in [0.3, 0.4) is 0 Å². The fourth-order valence-corrected chi connectivity index (χ4v) is 3.59. The molecular weight excluding hydrogens is 329 g/mol. The SMILES string of the molecule is C[N+]1(C2CCN(c3ccc(N)cc3)C2)CCCC1.Cl.Cl.[Cl-]. The molecule has 1 aromatic rings. The molecule has 0 radical (unpaired) electrons. The first-order valence-corrected chi connectivity index (χ1v) is 7.12. The monoisotopic (exact) mass is 353 g/mol. The second kappa shape index (κ2) is 8.33. The second-order valence-corrected chi connectivity index (χ2v) is 6.11. The van der Waals surface area contributed by atoms with Crippen LogP contribution in [0.1, 0.15) is 19.3 Å².